The second-order valence-corrected chi connectivity index (χ2v) is 8.10. The number of benzene rings is 2. The van der Waals surface area contributed by atoms with Crippen molar-refractivity contribution in [2.75, 3.05) is 18.4 Å². The number of piperidine rings is 1. The van der Waals surface area contributed by atoms with E-state index in [0.717, 1.165) is 23.5 Å². The van der Waals surface area contributed by atoms with Crippen molar-refractivity contribution in [1.82, 2.24) is 15.1 Å². The standard InChI is InChI=1S/C21H17F3N4O2S/c22-13-6-8-14(9-7-13)25-18(29)20-27-26-19(31-20)12-3-2-10-28(11-12)21(30)17-15(23)4-1-5-16(17)24/h1,4-9,12H,2-3,10-11H2,(H,25,29)/t12-/m1/s1. The average molecular weight is 446 g/mol. The molecular weight excluding hydrogens is 429 g/mol. The van der Waals surface area contributed by atoms with Crippen LogP contribution < -0.4 is 5.32 Å². The predicted molar refractivity (Wildman–Crippen MR) is 108 cm³/mol. The highest BCUT2D eigenvalue weighted by Crippen LogP contribution is 2.30. The molecular formula is C21H17F3N4O2S. The van der Waals surface area contributed by atoms with Gasteiger partial charge in [-0.25, -0.2) is 13.2 Å². The van der Waals surface area contributed by atoms with Gasteiger partial charge in [-0.1, -0.05) is 17.4 Å². The van der Waals surface area contributed by atoms with E-state index in [4.69, 9.17) is 0 Å². The molecule has 0 bridgehead atoms. The van der Waals surface area contributed by atoms with E-state index in [1.165, 1.54) is 35.2 Å². The Bertz CT molecular complexity index is 1100. The van der Waals surface area contributed by atoms with Gasteiger partial charge in [-0.15, -0.1) is 10.2 Å². The molecule has 1 aliphatic heterocycles. The van der Waals surface area contributed by atoms with Crippen molar-refractivity contribution >= 4 is 28.8 Å². The van der Waals surface area contributed by atoms with Crippen molar-refractivity contribution in [2.45, 2.75) is 18.8 Å². The summed E-state index contributed by atoms with van der Waals surface area (Å²) in [5, 5.41) is 11.3. The van der Waals surface area contributed by atoms with Gasteiger partial charge >= 0.3 is 0 Å². The third kappa shape index (κ3) is 4.58. The Labute approximate surface area is 179 Å². The van der Waals surface area contributed by atoms with Crippen LogP contribution in [0.15, 0.2) is 42.5 Å². The molecule has 3 aromatic rings. The van der Waals surface area contributed by atoms with Gasteiger partial charge < -0.3 is 10.2 Å². The second-order valence-electron chi connectivity index (χ2n) is 7.09. The first kappa shape index (κ1) is 21.0. The fourth-order valence-corrected chi connectivity index (χ4v) is 4.30. The molecule has 6 nitrogen and oxygen atoms in total. The summed E-state index contributed by atoms with van der Waals surface area (Å²) in [5.74, 6) is -3.60. The van der Waals surface area contributed by atoms with Crippen molar-refractivity contribution in [3.05, 3.63) is 75.5 Å². The van der Waals surface area contributed by atoms with Gasteiger partial charge in [-0.3, -0.25) is 9.59 Å². The summed E-state index contributed by atoms with van der Waals surface area (Å²) in [6.07, 6.45) is 1.33. The first-order valence-corrected chi connectivity index (χ1v) is 10.4. The fraction of sp³-hybridized carbons (Fsp3) is 0.238. The van der Waals surface area contributed by atoms with Gasteiger partial charge in [0, 0.05) is 24.7 Å². The molecule has 0 radical (unpaired) electrons. The van der Waals surface area contributed by atoms with Crippen LogP contribution in [0.3, 0.4) is 0 Å². The summed E-state index contributed by atoms with van der Waals surface area (Å²) in [6, 6.07) is 8.63. The largest absolute Gasteiger partial charge is 0.338 e. The maximum Gasteiger partial charge on any atom is 0.286 e. The van der Waals surface area contributed by atoms with Crippen LogP contribution >= 0.6 is 11.3 Å². The Morgan fingerprint density at radius 3 is 2.45 bits per heavy atom. The van der Waals surface area contributed by atoms with Crippen LogP contribution in [-0.4, -0.2) is 40.0 Å². The van der Waals surface area contributed by atoms with E-state index in [1.807, 2.05) is 0 Å². The summed E-state index contributed by atoms with van der Waals surface area (Å²) in [5.41, 5.74) is -0.149. The van der Waals surface area contributed by atoms with Gasteiger partial charge in [-0.2, -0.15) is 0 Å². The van der Waals surface area contributed by atoms with Gasteiger partial charge in [0.2, 0.25) is 5.01 Å². The van der Waals surface area contributed by atoms with Crippen LogP contribution in [0.2, 0.25) is 0 Å². The lowest BCUT2D eigenvalue weighted by molar-refractivity contribution is 0.0696. The topological polar surface area (TPSA) is 75.2 Å². The van der Waals surface area contributed by atoms with Crippen LogP contribution in [0.25, 0.3) is 0 Å². The number of hydrogen-bond acceptors (Lipinski definition) is 5. The van der Waals surface area contributed by atoms with Gasteiger partial charge in [0.05, 0.1) is 0 Å². The van der Waals surface area contributed by atoms with Crippen LogP contribution in [0.1, 0.15) is 43.9 Å². The Kier molecular flexibility index (Phi) is 5.99. The number of aromatic nitrogens is 2. The smallest absolute Gasteiger partial charge is 0.286 e. The summed E-state index contributed by atoms with van der Waals surface area (Å²) in [6.45, 7) is 0.598. The molecule has 31 heavy (non-hydrogen) atoms. The Morgan fingerprint density at radius 2 is 1.74 bits per heavy atom. The zero-order valence-electron chi connectivity index (χ0n) is 16.1. The second kappa shape index (κ2) is 8.84. The molecule has 0 aliphatic carbocycles. The molecule has 1 aromatic heterocycles. The zero-order valence-corrected chi connectivity index (χ0v) is 17.0. The number of nitrogens with one attached hydrogen (secondary N) is 1. The Balaban J connectivity index is 1.45. The molecule has 2 heterocycles. The summed E-state index contributed by atoms with van der Waals surface area (Å²) < 4.78 is 41.0. The zero-order chi connectivity index (χ0) is 22.0. The molecule has 160 valence electrons. The predicted octanol–water partition coefficient (Wildman–Crippen LogP) is 4.23. The molecule has 0 saturated carbocycles. The number of carbonyl (C=O) groups excluding carboxylic acids is 2. The fourth-order valence-electron chi connectivity index (χ4n) is 3.43. The highest BCUT2D eigenvalue weighted by molar-refractivity contribution is 7.13. The average Bonchev–Trinajstić information content (AvgIpc) is 3.26. The monoisotopic (exact) mass is 446 g/mol. The van der Waals surface area contributed by atoms with E-state index in [9.17, 15) is 22.8 Å². The Morgan fingerprint density at radius 1 is 1.03 bits per heavy atom. The molecule has 10 heteroatoms. The molecule has 1 fully saturated rings. The molecule has 1 atom stereocenters. The van der Waals surface area contributed by atoms with Crippen LogP contribution in [0.4, 0.5) is 18.9 Å². The molecule has 1 saturated heterocycles. The van der Waals surface area contributed by atoms with E-state index >= 15 is 0 Å². The number of carbonyl (C=O) groups is 2. The maximum atomic E-state index is 14.0. The normalized spacial score (nSPS) is 16.2. The minimum absolute atomic E-state index is 0.128. The number of anilines is 1. The molecule has 0 spiro atoms. The van der Waals surface area contributed by atoms with Crippen molar-refractivity contribution < 1.29 is 22.8 Å². The Hall–Kier alpha value is -3.27. The van der Waals surface area contributed by atoms with Gasteiger partial charge in [0.1, 0.15) is 28.0 Å². The van der Waals surface area contributed by atoms with Crippen molar-refractivity contribution in [3.8, 4) is 0 Å². The quantitative estimate of drug-likeness (QED) is 0.651. The number of amides is 2. The number of likely N-dealkylation sites (tertiary alicyclic amines) is 1. The highest BCUT2D eigenvalue weighted by Gasteiger charge is 2.31. The van der Waals surface area contributed by atoms with E-state index in [0.29, 0.717) is 30.1 Å². The molecule has 4 rings (SSSR count). The molecule has 1 aliphatic rings. The molecule has 2 amide bonds. The van der Waals surface area contributed by atoms with Gasteiger partial charge in [-0.05, 0) is 49.2 Å². The minimum atomic E-state index is -0.900. The highest BCUT2D eigenvalue weighted by atomic mass is 32.1. The molecule has 2 aromatic carbocycles. The lowest BCUT2D eigenvalue weighted by atomic mass is 9.98. The number of halogens is 3. The van der Waals surface area contributed by atoms with E-state index in [2.05, 4.69) is 15.5 Å². The van der Waals surface area contributed by atoms with E-state index in [-0.39, 0.29) is 17.5 Å². The SMILES string of the molecule is O=C(Nc1ccc(F)cc1)c1nnc([C@@H]2CCCN(C(=O)c3c(F)cccc3F)C2)s1. The van der Waals surface area contributed by atoms with E-state index < -0.39 is 34.8 Å². The lowest BCUT2D eigenvalue weighted by Crippen LogP contribution is -2.39. The van der Waals surface area contributed by atoms with Crippen molar-refractivity contribution in [3.63, 3.8) is 0 Å². The van der Waals surface area contributed by atoms with Crippen molar-refractivity contribution in [2.24, 2.45) is 0 Å². The first-order valence-electron chi connectivity index (χ1n) is 9.56. The maximum absolute atomic E-state index is 14.0. The lowest BCUT2D eigenvalue weighted by Gasteiger charge is -2.31. The first-order chi connectivity index (χ1) is 14.9. The summed E-state index contributed by atoms with van der Waals surface area (Å²) >= 11 is 1.09. The summed E-state index contributed by atoms with van der Waals surface area (Å²) in [4.78, 5) is 26.5. The number of hydrogen-bond donors (Lipinski definition) is 1. The third-order valence-corrected chi connectivity index (χ3v) is 6.06. The third-order valence-electron chi connectivity index (χ3n) is 4.97. The minimum Gasteiger partial charge on any atom is -0.338 e. The molecule has 0 unspecified atom stereocenters. The van der Waals surface area contributed by atoms with Gasteiger partial charge in [0.25, 0.3) is 11.8 Å². The number of nitrogens with zero attached hydrogens (tertiary/aromatic N) is 3. The van der Waals surface area contributed by atoms with Crippen LogP contribution in [0, 0.1) is 17.5 Å². The number of rotatable bonds is 4. The summed E-state index contributed by atoms with van der Waals surface area (Å²) in [7, 11) is 0. The van der Waals surface area contributed by atoms with E-state index in [1.54, 1.807) is 0 Å². The molecule has 1 N–H and O–H groups in total. The van der Waals surface area contributed by atoms with Crippen molar-refractivity contribution in [1.29, 1.82) is 0 Å². The van der Waals surface area contributed by atoms with Crippen LogP contribution in [-0.2, 0) is 0 Å². The van der Waals surface area contributed by atoms with Crippen LogP contribution in [0.5, 0.6) is 0 Å². The van der Waals surface area contributed by atoms with Gasteiger partial charge in [0.15, 0.2) is 0 Å².